The van der Waals surface area contributed by atoms with Gasteiger partial charge in [-0.1, -0.05) is 65.7 Å². The molecule has 4 rings (SSSR count). The molecule has 9 heteroatoms. The first-order chi connectivity index (χ1) is 13.3. The molecule has 0 bridgehead atoms. The first kappa shape index (κ1) is 19.0. The summed E-state index contributed by atoms with van der Waals surface area (Å²) in [5.74, 6) is -1.33. The van der Waals surface area contributed by atoms with Gasteiger partial charge in [-0.25, -0.2) is 13.2 Å². The van der Waals surface area contributed by atoms with Gasteiger partial charge in [-0.15, -0.1) is 0 Å². The quantitative estimate of drug-likeness (QED) is 0.642. The molecule has 0 saturated heterocycles. The molecule has 0 spiro atoms. The van der Waals surface area contributed by atoms with E-state index < -0.39 is 22.2 Å². The van der Waals surface area contributed by atoms with Crippen molar-refractivity contribution in [3.63, 3.8) is 0 Å². The zero-order chi connectivity index (χ0) is 20.1. The van der Waals surface area contributed by atoms with Crippen LogP contribution in [0.2, 0.25) is 10.0 Å². The van der Waals surface area contributed by atoms with E-state index in [0.29, 0.717) is 5.56 Å². The van der Waals surface area contributed by atoms with E-state index in [-0.39, 0.29) is 27.2 Å². The van der Waals surface area contributed by atoms with Crippen molar-refractivity contribution in [2.75, 3.05) is 5.32 Å². The van der Waals surface area contributed by atoms with Gasteiger partial charge in [0.05, 0.1) is 10.7 Å². The van der Waals surface area contributed by atoms with Crippen LogP contribution in [0, 0.1) is 0 Å². The van der Waals surface area contributed by atoms with Crippen LogP contribution in [0.1, 0.15) is 5.56 Å². The van der Waals surface area contributed by atoms with Gasteiger partial charge in [0.25, 0.3) is 0 Å². The molecule has 1 atom stereocenters. The van der Waals surface area contributed by atoms with E-state index in [1.165, 1.54) is 12.1 Å². The largest absolute Gasteiger partial charge is 0.479 e. The summed E-state index contributed by atoms with van der Waals surface area (Å²) in [6.07, 6.45) is -1.49. The number of benzene rings is 3. The van der Waals surface area contributed by atoms with Crippen molar-refractivity contribution >= 4 is 55.7 Å². The Kier molecular flexibility index (Phi) is 4.71. The summed E-state index contributed by atoms with van der Waals surface area (Å²) < 4.78 is 27.5. The Morgan fingerprint density at radius 1 is 1.11 bits per heavy atom. The van der Waals surface area contributed by atoms with Crippen molar-refractivity contribution in [1.82, 2.24) is 4.31 Å². The molecule has 3 aromatic rings. The fraction of sp³-hybridized carbons (Fsp3) is 0.105. The number of carboxylic acids is 1. The molecule has 0 radical (unpaired) electrons. The number of nitrogens with zero attached hydrogens (tertiary/aromatic N) is 1. The molecule has 0 amide bonds. The lowest BCUT2D eigenvalue weighted by Crippen LogP contribution is -2.52. The third-order valence-corrected chi connectivity index (χ3v) is 7.14. The molecule has 3 aromatic carbocycles. The van der Waals surface area contributed by atoms with Crippen molar-refractivity contribution < 1.29 is 18.3 Å². The van der Waals surface area contributed by atoms with Crippen LogP contribution in [-0.2, 0) is 21.4 Å². The lowest BCUT2D eigenvalue weighted by Gasteiger charge is -2.35. The Labute approximate surface area is 171 Å². The van der Waals surface area contributed by atoms with E-state index in [1.54, 1.807) is 12.1 Å². The minimum atomic E-state index is -4.19. The number of carboxylic acid groups (broad SMARTS) is 1. The Bertz CT molecular complexity index is 1210. The Morgan fingerprint density at radius 3 is 2.57 bits per heavy atom. The van der Waals surface area contributed by atoms with Crippen LogP contribution in [0.25, 0.3) is 10.8 Å². The number of fused-ring (bicyclic) bond motifs is 2. The number of hydrogen-bond donors (Lipinski definition) is 2. The molecule has 28 heavy (non-hydrogen) atoms. The van der Waals surface area contributed by atoms with Gasteiger partial charge in [-0.3, -0.25) is 0 Å². The minimum Gasteiger partial charge on any atom is -0.479 e. The van der Waals surface area contributed by atoms with Gasteiger partial charge in [0.15, 0.2) is 6.17 Å². The Morgan fingerprint density at radius 2 is 1.82 bits per heavy atom. The highest BCUT2D eigenvalue weighted by Crippen LogP contribution is 2.40. The number of rotatable bonds is 3. The smallest absolute Gasteiger partial charge is 0.342 e. The number of sulfonamides is 1. The maximum Gasteiger partial charge on any atom is 0.342 e. The van der Waals surface area contributed by atoms with Gasteiger partial charge < -0.3 is 10.4 Å². The lowest BCUT2D eigenvalue weighted by molar-refractivity contribution is -0.140. The number of anilines is 1. The van der Waals surface area contributed by atoms with E-state index in [4.69, 9.17) is 23.2 Å². The van der Waals surface area contributed by atoms with E-state index in [0.717, 1.165) is 15.1 Å². The third kappa shape index (κ3) is 3.10. The molecule has 1 heterocycles. The number of aliphatic carboxylic acids is 1. The molecule has 0 saturated carbocycles. The molecule has 144 valence electrons. The maximum atomic E-state index is 13.3. The summed E-state index contributed by atoms with van der Waals surface area (Å²) in [5.41, 5.74) is 0.752. The van der Waals surface area contributed by atoms with Crippen LogP contribution in [0.5, 0.6) is 0 Å². The van der Waals surface area contributed by atoms with Gasteiger partial charge in [0.1, 0.15) is 4.90 Å². The molecular weight excluding hydrogens is 423 g/mol. The van der Waals surface area contributed by atoms with Gasteiger partial charge in [0, 0.05) is 11.6 Å². The average molecular weight is 437 g/mol. The van der Waals surface area contributed by atoms with Crippen molar-refractivity contribution in [2.24, 2.45) is 0 Å². The monoisotopic (exact) mass is 436 g/mol. The highest BCUT2D eigenvalue weighted by atomic mass is 35.5. The fourth-order valence-electron chi connectivity index (χ4n) is 3.36. The van der Waals surface area contributed by atoms with Crippen LogP contribution < -0.4 is 5.32 Å². The molecule has 1 unspecified atom stereocenters. The van der Waals surface area contributed by atoms with Crippen LogP contribution in [0.3, 0.4) is 0 Å². The number of hydrogen-bond acceptors (Lipinski definition) is 4. The van der Waals surface area contributed by atoms with Crippen LogP contribution in [-0.4, -0.2) is 30.0 Å². The third-order valence-electron chi connectivity index (χ3n) is 4.60. The average Bonchev–Trinajstić information content (AvgIpc) is 2.62. The number of halogens is 2. The summed E-state index contributed by atoms with van der Waals surface area (Å²) in [6.45, 7) is -0.133. The Balaban J connectivity index is 1.88. The first-order valence-corrected chi connectivity index (χ1v) is 10.5. The summed E-state index contributed by atoms with van der Waals surface area (Å²) in [7, 11) is -4.19. The van der Waals surface area contributed by atoms with E-state index in [2.05, 4.69) is 5.32 Å². The molecule has 0 fully saturated rings. The zero-order valence-corrected chi connectivity index (χ0v) is 16.6. The summed E-state index contributed by atoms with van der Waals surface area (Å²) in [4.78, 5) is 11.7. The predicted octanol–water partition coefficient (Wildman–Crippen LogP) is 4.17. The fourth-order valence-corrected chi connectivity index (χ4v) is 5.82. The summed E-state index contributed by atoms with van der Waals surface area (Å²) >= 11 is 12.1. The van der Waals surface area contributed by atoms with Crippen molar-refractivity contribution in [1.29, 1.82) is 0 Å². The zero-order valence-electron chi connectivity index (χ0n) is 14.3. The van der Waals surface area contributed by atoms with Crippen molar-refractivity contribution in [3.8, 4) is 0 Å². The highest BCUT2D eigenvalue weighted by molar-refractivity contribution is 7.89. The van der Waals surface area contributed by atoms with E-state index in [1.807, 2.05) is 30.3 Å². The molecule has 1 aliphatic heterocycles. The van der Waals surface area contributed by atoms with Crippen LogP contribution >= 0.6 is 23.2 Å². The summed E-state index contributed by atoms with van der Waals surface area (Å²) in [6, 6.07) is 15.7. The summed E-state index contributed by atoms with van der Waals surface area (Å²) in [5, 5.41) is 14.3. The van der Waals surface area contributed by atoms with Crippen molar-refractivity contribution in [2.45, 2.75) is 17.6 Å². The van der Waals surface area contributed by atoms with Gasteiger partial charge in [0.2, 0.25) is 10.0 Å². The topological polar surface area (TPSA) is 86.7 Å². The van der Waals surface area contributed by atoms with Crippen LogP contribution in [0.4, 0.5) is 5.69 Å². The molecule has 6 nitrogen and oxygen atoms in total. The second-order valence-electron chi connectivity index (χ2n) is 6.34. The van der Waals surface area contributed by atoms with Gasteiger partial charge in [-0.2, -0.15) is 4.31 Å². The van der Waals surface area contributed by atoms with E-state index in [9.17, 15) is 18.3 Å². The molecule has 0 aliphatic carbocycles. The Hall–Kier alpha value is -2.32. The lowest BCUT2D eigenvalue weighted by atomic mass is 10.0. The minimum absolute atomic E-state index is 0.0678. The SMILES string of the molecule is O=C(O)C1Nc2cc(Cl)cc(Cl)c2S(=O)(=O)N1Cc1cccc2ccccc12. The van der Waals surface area contributed by atoms with Gasteiger partial charge in [-0.05, 0) is 28.5 Å². The maximum absolute atomic E-state index is 13.3. The highest BCUT2D eigenvalue weighted by Gasteiger charge is 2.43. The van der Waals surface area contributed by atoms with Gasteiger partial charge >= 0.3 is 5.97 Å². The molecule has 1 aliphatic rings. The first-order valence-electron chi connectivity index (χ1n) is 8.26. The molecule has 2 N–H and O–H groups in total. The standard InChI is InChI=1S/C19H14Cl2N2O4S/c20-13-8-15(21)17-16(9-13)22-18(19(24)25)23(28(17,26)27)10-12-6-3-5-11-4-1-2-7-14(11)12/h1-9,18,22H,10H2,(H,24,25). The molecule has 0 aromatic heterocycles. The molecular formula is C19H14Cl2N2O4S. The second-order valence-corrected chi connectivity index (χ2v) is 9.01. The number of carbonyl (C=O) groups is 1. The normalized spacial score (nSPS) is 18.4. The van der Waals surface area contributed by atoms with Crippen LogP contribution in [0.15, 0.2) is 59.5 Å². The van der Waals surface area contributed by atoms with E-state index >= 15 is 0 Å². The van der Waals surface area contributed by atoms with Crippen molar-refractivity contribution in [3.05, 3.63) is 70.2 Å². The second kappa shape index (κ2) is 6.93. The number of nitrogens with one attached hydrogen (secondary N) is 1. The predicted molar refractivity (Wildman–Crippen MR) is 108 cm³/mol.